The molecule has 0 aliphatic carbocycles. The Bertz CT molecular complexity index is 455. The second-order valence-corrected chi connectivity index (χ2v) is 10.8. The number of nitrogens with zero attached hydrogens (tertiary/aromatic N) is 1. The molecule has 0 aromatic heterocycles. The molecule has 0 amide bonds. The quantitative estimate of drug-likeness (QED) is 0.0596. The second kappa shape index (κ2) is 21.4. The van der Waals surface area contributed by atoms with Crippen LogP contribution in [0.25, 0.3) is 0 Å². The maximum Gasteiger partial charge on any atom is 0.217 e. The SMILES string of the molecule is CCCCCCCC[N+](CCCCCCCC)(CCCCCCCC)CCOS(=O)(=O)[O-]. The summed E-state index contributed by atoms with van der Waals surface area (Å²) in [5, 5.41) is 0. The molecule has 0 unspecified atom stereocenters. The summed E-state index contributed by atoms with van der Waals surface area (Å²) in [6, 6.07) is 0. The minimum absolute atomic E-state index is 0.0212. The van der Waals surface area contributed by atoms with Crippen molar-refractivity contribution in [3.8, 4) is 0 Å². The molecule has 5 nitrogen and oxygen atoms in total. The first-order chi connectivity index (χ1) is 15.4. The van der Waals surface area contributed by atoms with Crippen molar-refractivity contribution in [2.75, 3.05) is 32.8 Å². The van der Waals surface area contributed by atoms with Gasteiger partial charge >= 0.3 is 0 Å². The highest BCUT2D eigenvalue weighted by Gasteiger charge is 2.26. The van der Waals surface area contributed by atoms with Gasteiger partial charge in [0.15, 0.2) is 0 Å². The van der Waals surface area contributed by atoms with E-state index in [1.54, 1.807) is 0 Å². The molecular weight excluding hydrogens is 422 g/mol. The molecule has 0 saturated heterocycles. The minimum atomic E-state index is -4.61. The lowest BCUT2D eigenvalue weighted by Crippen LogP contribution is -2.52. The molecule has 0 atom stereocenters. The van der Waals surface area contributed by atoms with Gasteiger partial charge in [0.05, 0.1) is 19.6 Å². The van der Waals surface area contributed by atoms with Crippen LogP contribution < -0.4 is 0 Å². The fourth-order valence-corrected chi connectivity index (χ4v) is 4.97. The molecule has 0 aromatic rings. The molecule has 0 aromatic carbocycles. The fourth-order valence-electron chi connectivity index (χ4n) is 4.69. The summed E-state index contributed by atoms with van der Waals surface area (Å²) in [7, 11) is -4.61. The van der Waals surface area contributed by atoms with Gasteiger partial charge in [0.2, 0.25) is 10.4 Å². The van der Waals surface area contributed by atoms with Gasteiger partial charge < -0.3 is 9.04 Å². The summed E-state index contributed by atoms with van der Waals surface area (Å²) >= 11 is 0. The molecule has 0 fully saturated rings. The maximum absolute atomic E-state index is 11.0. The van der Waals surface area contributed by atoms with E-state index in [4.69, 9.17) is 0 Å². The zero-order valence-electron chi connectivity index (χ0n) is 21.8. The highest BCUT2D eigenvalue weighted by atomic mass is 32.3. The van der Waals surface area contributed by atoms with Crippen molar-refractivity contribution in [3.05, 3.63) is 0 Å². The van der Waals surface area contributed by atoms with E-state index in [0.717, 1.165) is 24.1 Å². The van der Waals surface area contributed by atoms with Gasteiger partial charge in [0.25, 0.3) is 0 Å². The first-order valence-corrected chi connectivity index (χ1v) is 15.2. The molecule has 0 bridgehead atoms. The van der Waals surface area contributed by atoms with Crippen LogP contribution in [0.2, 0.25) is 0 Å². The van der Waals surface area contributed by atoms with E-state index in [9.17, 15) is 13.0 Å². The van der Waals surface area contributed by atoms with Crippen LogP contribution in [0, 0.1) is 0 Å². The first kappa shape index (κ1) is 31.8. The van der Waals surface area contributed by atoms with E-state index in [1.807, 2.05) is 0 Å². The van der Waals surface area contributed by atoms with Crippen LogP contribution in [0.3, 0.4) is 0 Å². The highest BCUT2D eigenvalue weighted by Crippen LogP contribution is 2.19. The number of hydrogen-bond acceptors (Lipinski definition) is 4. The second-order valence-electron chi connectivity index (χ2n) is 9.77. The average molecular weight is 478 g/mol. The standard InChI is InChI=1S/C26H55NO4S/c1-4-7-10-13-16-19-22-27(25-26-31-32(28,29)30,23-20-17-14-11-8-5-2)24-21-18-15-12-9-6-3/h4-26H2,1-3H3. The van der Waals surface area contributed by atoms with Gasteiger partial charge in [0.1, 0.15) is 13.2 Å². The van der Waals surface area contributed by atoms with Crippen LogP contribution in [0.5, 0.6) is 0 Å². The Labute approximate surface area is 201 Å². The van der Waals surface area contributed by atoms with Crippen LogP contribution >= 0.6 is 0 Å². The smallest absolute Gasteiger partial charge is 0.217 e. The lowest BCUT2D eigenvalue weighted by Gasteiger charge is -2.39. The monoisotopic (exact) mass is 477 g/mol. The van der Waals surface area contributed by atoms with Gasteiger partial charge in [-0.3, -0.25) is 4.18 Å². The van der Waals surface area contributed by atoms with Crippen LogP contribution in [-0.4, -0.2) is 50.2 Å². The van der Waals surface area contributed by atoms with Gasteiger partial charge in [-0.05, 0) is 38.5 Å². The van der Waals surface area contributed by atoms with Crippen molar-refractivity contribution in [1.29, 1.82) is 0 Å². The van der Waals surface area contributed by atoms with Crippen LogP contribution in [-0.2, 0) is 14.6 Å². The highest BCUT2D eigenvalue weighted by molar-refractivity contribution is 7.80. The Balaban J connectivity index is 4.87. The lowest BCUT2D eigenvalue weighted by molar-refractivity contribution is -0.929. The van der Waals surface area contributed by atoms with Crippen LogP contribution in [0.1, 0.15) is 136 Å². The largest absolute Gasteiger partial charge is 0.726 e. The fraction of sp³-hybridized carbons (Fsp3) is 1.00. The van der Waals surface area contributed by atoms with Gasteiger partial charge in [0, 0.05) is 0 Å². The Hall–Kier alpha value is -0.170. The summed E-state index contributed by atoms with van der Waals surface area (Å²) in [6.07, 6.45) is 22.8. The van der Waals surface area contributed by atoms with Crippen LogP contribution in [0.4, 0.5) is 0 Å². The van der Waals surface area contributed by atoms with E-state index in [1.165, 1.54) is 116 Å². The Morgan fingerprint density at radius 3 is 1.16 bits per heavy atom. The summed E-state index contributed by atoms with van der Waals surface area (Å²) in [4.78, 5) is 0. The zero-order chi connectivity index (χ0) is 24.0. The summed E-state index contributed by atoms with van der Waals surface area (Å²) in [5.41, 5.74) is 0. The van der Waals surface area contributed by atoms with Gasteiger partial charge in [-0.1, -0.05) is 97.8 Å². The molecule has 32 heavy (non-hydrogen) atoms. The third-order valence-corrected chi connectivity index (χ3v) is 7.21. The molecule has 0 aliphatic rings. The van der Waals surface area contributed by atoms with E-state index < -0.39 is 10.4 Å². The van der Waals surface area contributed by atoms with E-state index in [0.29, 0.717) is 6.54 Å². The Morgan fingerprint density at radius 1 is 0.531 bits per heavy atom. The molecular formula is C26H55NO4S. The van der Waals surface area contributed by atoms with Crippen LogP contribution in [0.15, 0.2) is 0 Å². The van der Waals surface area contributed by atoms with Crippen molar-refractivity contribution >= 4 is 10.4 Å². The minimum Gasteiger partial charge on any atom is -0.726 e. The number of rotatable bonds is 25. The summed E-state index contributed by atoms with van der Waals surface area (Å²) < 4.78 is 38.6. The zero-order valence-corrected chi connectivity index (χ0v) is 22.6. The molecule has 0 rings (SSSR count). The van der Waals surface area contributed by atoms with Crippen molar-refractivity contribution in [1.82, 2.24) is 0 Å². The molecule has 0 radical (unpaired) electrons. The Kier molecular flexibility index (Phi) is 21.3. The van der Waals surface area contributed by atoms with E-state index >= 15 is 0 Å². The van der Waals surface area contributed by atoms with Gasteiger partial charge in [-0.25, -0.2) is 8.42 Å². The third kappa shape index (κ3) is 20.4. The third-order valence-electron chi connectivity index (χ3n) is 6.75. The molecule has 194 valence electrons. The maximum atomic E-state index is 11.0. The average Bonchev–Trinajstić information content (AvgIpc) is 2.74. The predicted octanol–water partition coefficient (Wildman–Crippen LogP) is 7.36. The predicted molar refractivity (Wildman–Crippen MR) is 136 cm³/mol. The molecule has 0 saturated carbocycles. The van der Waals surface area contributed by atoms with Crippen molar-refractivity contribution < 1.29 is 21.6 Å². The summed E-state index contributed by atoms with van der Waals surface area (Å²) in [6.45, 7) is 10.6. The van der Waals surface area contributed by atoms with Gasteiger partial charge in [-0.15, -0.1) is 0 Å². The number of unbranched alkanes of at least 4 members (excludes halogenated alkanes) is 15. The Morgan fingerprint density at radius 2 is 0.844 bits per heavy atom. The molecule has 0 N–H and O–H groups in total. The first-order valence-electron chi connectivity index (χ1n) is 13.8. The van der Waals surface area contributed by atoms with Crippen molar-refractivity contribution in [2.24, 2.45) is 0 Å². The normalized spacial score (nSPS) is 12.5. The molecule has 6 heteroatoms. The van der Waals surface area contributed by atoms with Crippen molar-refractivity contribution in [3.63, 3.8) is 0 Å². The molecule has 0 spiro atoms. The van der Waals surface area contributed by atoms with E-state index in [-0.39, 0.29) is 6.61 Å². The summed E-state index contributed by atoms with van der Waals surface area (Å²) in [5.74, 6) is 0. The van der Waals surface area contributed by atoms with E-state index in [2.05, 4.69) is 25.0 Å². The molecule has 0 aliphatic heterocycles. The van der Waals surface area contributed by atoms with Crippen molar-refractivity contribution in [2.45, 2.75) is 136 Å². The number of quaternary nitrogens is 1. The van der Waals surface area contributed by atoms with Gasteiger partial charge in [-0.2, -0.15) is 0 Å². The molecule has 0 heterocycles. The lowest BCUT2D eigenvalue weighted by atomic mass is 10.1. The number of hydrogen-bond donors (Lipinski definition) is 0. The topological polar surface area (TPSA) is 66.4 Å².